The Morgan fingerprint density at radius 1 is 1.23 bits per heavy atom. The van der Waals surface area contributed by atoms with E-state index in [1.54, 1.807) is 39.0 Å². The molecule has 0 N–H and O–H groups in total. The molecule has 0 bridgehead atoms. The zero-order valence-electron chi connectivity index (χ0n) is 18.0. The van der Waals surface area contributed by atoms with E-state index >= 15 is 0 Å². The number of fused-ring (bicyclic) bond motifs is 1. The second kappa shape index (κ2) is 8.90. The molecule has 0 aliphatic carbocycles. The summed E-state index contributed by atoms with van der Waals surface area (Å²) in [4.78, 5) is 38.5. The first-order chi connectivity index (χ1) is 14.2. The number of carbonyl (C=O) groups excluding carboxylic acids is 2. The van der Waals surface area contributed by atoms with E-state index in [0.29, 0.717) is 25.0 Å². The number of likely N-dealkylation sites (tertiary alicyclic amines) is 1. The molecule has 1 atom stereocenters. The van der Waals surface area contributed by atoms with Crippen molar-refractivity contribution in [2.24, 2.45) is 0 Å². The Morgan fingerprint density at radius 3 is 2.70 bits per heavy atom. The molecule has 1 aliphatic heterocycles. The van der Waals surface area contributed by atoms with Crippen LogP contribution in [0.5, 0.6) is 5.75 Å². The van der Waals surface area contributed by atoms with E-state index in [4.69, 9.17) is 13.9 Å². The molecule has 0 saturated carbocycles. The summed E-state index contributed by atoms with van der Waals surface area (Å²) in [7, 11) is 0. The van der Waals surface area contributed by atoms with Crippen LogP contribution in [-0.4, -0.2) is 35.2 Å². The molecule has 1 aromatic heterocycles. The van der Waals surface area contributed by atoms with Gasteiger partial charge in [0.1, 0.15) is 23.0 Å². The number of carbonyl (C=O) groups is 2. The Bertz CT molecular complexity index is 987. The van der Waals surface area contributed by atoms with Crippen LogP contribution in [0.15, 0.2) is 33.5 Å². The first-order valence-corrected chi connectivity index (χ1v) is 10.5. The van der Waals surface area contributed by atoms with Crippen LogP contribution in [0.3, 0.4) is 0 Å². The lowest BCUT2D eigenvalue weighted by molar-refractivity contribution is -0.139. The van der Waals surface area contributed by atoms with Gasteiger partial charge in [-0.3, -0.25) is 4.90 Å². The van der Waals surface area contributed by atoms with Gasteiger partial charge in [-0.15, -0.1) is 0 Å². The monoisotopic (exact) mass is 415 g/mol. The number of benzene rings is 1. The second-order valence-electron chi connectivity index (χ2n) is 8.61. The van der Waals surface area contributed by atoms with Crippen molar-refractivity contribution in [2.45, 2.75) is 71.4 Å². The molecule has 0 unspecified atom stereocenters. The largest absolute Gasteiger partial charge is 0.444 e. The molecule has 30 heavy (non-hydrogen) atoms. The Balaban J connectivity index is 1.77. The number of ether oxygens (including phenoxy) is 2. The van der Waals surface area contributed by atoms with Crippen molar-refractivity contribution in [2.75, 3.05) is 6.54 Å². The van der Waals surface area contributed by atoms with Gasteiger partial charge in [-0.2, -0.15) is 0 Å². The molecule has 1 aliphatic rings. The van der Waals surface area contributed by atoms with Crippen molar-refractivity contribution in [3.8, 4) is 5.75 Å². The molecule has 0 radical (unpaired) electrons. The summed E-state index contributed by atoms with van der Waals surface area (Å²) in [6, 6.07) is 5.85. The molecular weight excluding hydrogens is 386 g/mol. The average Bonchev–Trinajstić information content (AvgIpc) is 3.14. The summed E-state index contributed by atoms with van der Waals surface area (Å²) in [5, 5.41) is 0.832. The van der Waals surface area contributed by atoms with Gasteiger partial charge in [0.25, 0.3) is 0 Å². The van der Waals surface area contributed by atoms with Gasteiger partial charge in [0.15, 0.2) is 0 Å². The normalized spacial score (nSPS) is 16.7. The van der Waals surface area contributed by atoms with E-state index < -0.39 is 29.3 Å². The van der Waals surface area contributed by atoms with Crippen LogP contribution in [0.4, 0.5) is 4.79 Å². The fourth-order valence-corrected chi connectivity index (χ4v) is 3.58. The zero-order valence-corrected chi connectivity index (χ0v) is 18.0. The third-order valence-electron chi connectivity index (χ3n) is 4.97. The number of nitrogens with zero attached hydrogens (tertiary/aromatic N) is 1. The highest BCUT2D eigenvalue weighted by molar-refractivity contribution is 5.86. The first kappa shape index (κ1) is 21.9. The molecule has 2 heterocycles. The molecule has 1 saturated heterocycles. The Morgan fingerprint density at radius 2 is 2.00 bits per heavy atom. The van der Waals surface area contributed by atoms with Gasteiger partial charge in [0.05, 0.1) is 0 Å². The van der Waals surface area contributed by atoms with E-state index in [1.807, 2.05) is 0 Å². The standard InChI is InChI=1S/C23H29NO6/c1-5-6-8-15-13-20(25)29-19-14-16(10-11-17(15)19)28-21(26)18-9-7-12-24(18)22(27)30-23(2,3)4/h10-11,13-14,18H,5-9,12H2,1-4H3/t18-/m1/s1. The predicted octanol–water partition coefficient (Wildman–Crippen LogP) is 4.44. The topological polar surface area (TPSA) is 86.0 Å². The minimum Gasteiger partial charge on any atom is -0.444 e. The quantitative estimate of drug-likeness (QED) is 0.408. The highest BCUT2D eigenvalue weighted by Gasteiger charge is 2.37. The first-order valence-electron chi connectivity index (χ1n) is 10.5. The van der Waals surface area contributed by atoms with E-state index in [-0.39, 0.29) is 5.75 Å². The van der Waals surface area contributed by atoms with Crippen LogP contribution in [0.2, 0.25) is 0 Å². The number of hydrogen-bond donors (Lipinski definition) is 0. The number of unbranched alkanes of at least 4 members (excludes halogenated alkanes) is 1. The molecule has 7 heteroatoms. The van der Waals surface area contributed by atoms with Crippen molar-refractivity contribution < 1.29 is 23.5 Å². The molecule has 2 aromatic rings. The van der Waals surface area contributed by atoms with E-state index in [9.17, 15) is 14.4 Å². The maximum atomic E-state index is 12.7. The van der Waals surface area contributed by atoms with Gasteiger partial charge in [-0.25, -0.2) is 14.4 Å². The maximum Gasteiger partial charge on any atom is 0.411 e. The number of aryl methyl sites for hydroxylation is 1. The Labute approximate surface area is 175 Å². The van der Waals surface area contributed by atoms with E-state index in [2.05, 4.69) is 6.92 Å². The van der Waals surface area contributed by atoms with Crippen molar-refractivity contribution in [3.63, 3.8) is 0 Å². The number of rotatable bonds is 5. The van der Waals surface area contributed by atoms with E-state index in [0.717, 1.165) is 30.2 Å². The molecular formula is C23H29NO6. The van der Waals surface area contributed by atoms with Gasteiger partial charge in [-0.05, 0) is 64.2 Å². The van der Waals surface area contributed by atoms with Gasteiger partial charge < -0.3 is 13.9 Å². The summed E-state index contributed by atoms with van der Waals surface area (Å²) in [5.74, 6) is -0.249. The van der Waals surface area contributed by atoms with Gasteiger partial charge in [0.2, 0.25) is 0 Å². The SMILES string of the molecule is CCCCc1cc(=O)oc2cc(OC(=O)[C@H]3CCCN3C(=O)OC(C)(C)C)ccc12. The number of esters is 1. The molecule has 7 nitrogen and oxygen atoms in total. The Hall–Kier alpha value is -2.83. The minimum atomic E-state index is -0.696. The lowest BCUT2D eigenvalue weighted by Crippen LogP contribution is -2.44. The highest BCUT2D eigenvalue weighted by atomic mass is 16.6. The van der Waals surface area contributed by atoms with Crippen molar-refractivity contribution in [3.05, 3.63) is 40.2 Å². The van der Waals surface area contributed by atoms with Crippen molar-refractivity contribution in [1.29, 1.82) is 0 Å². The third kappa shape index (κ3) is 5.20. The fourth-order valence-electron chi connectivity index (χ4n) is 3.58. The molecule has 1 aromatic carbocycles. The number of amides is 1. The van der Waals surface area contributed by atoms with Crippen molar-refractivity contribution in [1.82, 2.24) is 4.90 Å². The van der Waals surface area contributed by atoms with Gasteiger partial charge in [0, 0.05) is 24.1 Å². The summed E-state index contributed by atoms with van der Waals surface area (Å²) in [6.45, 7) is 7.89. The highest BCUT2D eigenvalue weighted by Crippen LogP contribution is 2.26. The molecule has 1 fully saturated rings. The summed E-state index contributed by atoms with van der Waals surface area (Å²) in [5.41, 5.74) is 0.241. The lowest BCUT2D eigenvalue weighted by atomic mass is 10.0. The lowest BCUT2D eigenvalue weighted by Gasteiger charge is -2.27. The van der Waals surface area contributed by atoms with Crippen LogP contribution in [-0.2, 0) is 16.0 Å². The van der Waals surface area contributed by atoms with Crippen LogP contribution in [0.25, 0.3) is 11.0 Å². The minimum absolute atomic E-state index is 0.277. The van der Waals surface area contributed by atoms with Gasteiger partial charge >= 0.3 is 17.7 Å². The summed E-state index contributed by atoms with van der Waals surface area (Å²) < 4.78 is 16.2. The third-order valence-corrected chi connectivity index (χ3v) is 4.97. The average molecular weight is 415 g/mol. The molecule has 1 amide bonds. The summed E-state index contributed by atoms with van der Waals surface area (Å²) >= 11 is 0. The summed E-state index contributed by atoms with van der Waals surface area (Å²) in [6.07, 6.45) is 3.47. The van der Waals surface area contributed by atoms with Crippen LogP contribution < -0.4 is 10.4 Å². The fraction of sp³-hybridized carbons (Fsp3) is 0.522. The molecule has 3 rings (SSSR count). The molecule has 0 spiro atoms. The van der Waals surface area contributed by atoms with Gasteiger partial charge in [-0.1, -0.05) is 13.3 Å². The maximum absolute atomic E-state index is 12.7. The second-order valence-corrected chi connectivity index (χ2v) is 8.61. The van der Waals surface area contributed by atoms with Crippen LogP contribution in [0.1, 0.15) is 58.9 Å². The Kier molecular flexibility index (Phi) is 6.48. The zero-order chi connectivity index (χ0) is 21.9. The van der Waals surface area contributed by atoms with Crippen molar-refractivity contribution >= 4 is 23.0 Å². The predicted molar refractivity (Wildman–Crippen MR) is 113 cm³/mol. The van der Waals surface area contributed by atoms with Crippen LogP contribution >= 0.6 is 0 Å². The number of hydrogen-bond acceptors (Lipinski definition) is 6. The van der Waals surface area contributed by atoms with Crippen LogP contribution in [0, 0.1) is 0 Å². The van der Waals surface area contributed by atoms with E-state index in [1.165, 1.54) is 11.0 Å². The smallest absolute Gasteiger partial charge is 0.411 e. The molecule has 162 valence electrons.